The van der Waals surface area contributed by atoms with Gasteiger partial charge in [-0.1, -0.05) is 0 Å². The molecule has 0 unspecified atom stereocenters. The van der Waals surface area contributed by atoms with Crippen LogP contribution in [0.2, 0.25) is 0 Å². The van der Waals surface area contributed by atoms with Gasteiger partial charge in [0.1, 0.15) is 11.4 Å². The normalized spacial score (nSPS) is 10.6. The topological polar surface area (TPSA) is 51.5 Å². The number of aromatic nitrogens is 1. The van der Waals surface area contributed by atoms with Crippen molar-refractivity contribution in [3.8, 4) is 5.75 Å². The molecule has 4 nitrogen and oxygen atoms in total. The van der Waals surface area contributed by atoms with Crippen molar-refractivity contribution in [3.63, 3.8) is 0 Å². The number of nitrogens with zero attached hydrogens (tertiary/aromatic N) is 1. The molecule has 1 aromatic carbocycles. The van der Waals surface area contributed by atoms with Crippen LogP contribution in [-0.2, 0) is 11.8 Å². The average Bonchev–Trinajstić information content (AvgIpc) is 2.57. The molecule has 4 heteroatoms. The van der Waals surface area contributed by atoms with E-state index in [-0.39, 0.29) is 11.7 Å². The molecule has 0 spiro atoms. The molecule has 84 valence electrons. The van der Waals surface area contributed by atoms with Crippen LogP contribution in [0.3, 0.4) is 0 Å². The van der Waals surface area contributed by atoms with Crippen molar-refractivity contribution in [2.45, 2.75) is 6.92 Å². The van der Waals surface area contributed by atoms with Gasteiger partial charge in [0.05, 0.1) is 12.1 Å². The van der Waals surface area contributed by atoms with Crippen molar-refractivity contribution in [2.75, 3.05) is 6.61 Å². The standard InChI is InChI=1S/C12H13NO3/c1-3-16-12(15)11-6-8-4-5-9(14)7-10(8)13(11)2/h4-7,14H,3H2,1-2H3. The first-order chi connectivity index (χ1) is 7.63. The molecule has 0 atom stereocenters. The fourth-order valence-corrected chi connectivity index (χ4v) is 1.72. The van der Waals surface area contributed by atoms with E-state index in [1.807, 2.05) is 0 Å². The molecule has 1 N–H and O–H groups in total. The van der Waals surface area contributed by atoms with E-state index < -0.39 is 0 Å². The zero-order chi connectivity index (χ0) is 11.7. The number of ether oxygens (including phenoxy) is 1. The second-order valence-corrected chi connectivity index (χ2v) is 3.55. The third kappa shape index (κ3) is 1.62. The Morgan fingerprint density at radius 3 is 2.88 bits per heavy atom. The lowest BCUT2D eigenvalue weighted by molar-refractivity contribution is 0.0516. The highest BCUT2D eigenvalue weighted by atomic mass is 16.5. The number of carbonyl (C=O) groups excluding carboxylic acids is 1. The number of aryl methyl sites for hydroxylation is 1. The van der Waals surface area contributed by atoms with Crippen molar-refractivity contribution in [3.05, 3.63) is 30.0 Å². The van der Waals surface area contributed by atoms with Gasteiger partial charge in [-0.3, -0.25) is 0 Å². The van der Waals surface area contributed by atoms with Gasteiger partial charge in [-0.15, -0.1) is 0 Å². The predicted molar refractivity (Wildman–Crippen MR) is 60.5 cm³/mol. The van der Waals surface area contributed by atoms with E-state index in [1.54, 1.807) is 42.8 Å². The fourth-order valence-electron chi connectivity index (χ4n) is 1.72. The van der Waals surface area contributed by atoms with Crippen molar-refractivity contribution < 1.29 is 14.6 Å². The van der Waals surface area contributed by atoms with Crippen molar-refractivity contribution in [1.29, 1.82) is 0 Å². The summed E-state index contributed by atoms with van der Waals surface area (Å²) >= 11 is 0. The first-order valence-corrected chi connectivity index (χ1v) is 5.09. The molecule has 0 aliphatic carbocycles. The van der Waals surface area contributed by atoms with Crippen LogP contribution >= 0.6 is 0 Å². The van der Waals surface area contributed by atoms with Gasteiger partial charge in [-0.2, -0.15) is 0 Å². The van der Waals surface area contributed by atoms with E-state index in [4.69, 9.17) is 4.74 Å². The molecule has 0 saturated heterocycles. The predicted octanol–water partition coefficient (Wildman–Crippen LogP) is 2.06. The number of phenols is 1. The van der Waals surface area contributed by atoms with Gasteiger partial charge in [-0.05, 0) is 25.1 Å². The van der Waals surface area contributed by atoms with Gasteiger partial charge in [0.15, 0.2) is 0 Å². The quantitative estimate of drug-likeness (QED) is 0.786. The maximum Gasteiger partial charge on any atom is 0.354 e. The van der Waals surface area contributed by atoms with Gasteiger partial charge in [0.25, 0.3) is 0 Å². The van der Waals surface area contributed by atoms with Crippen LogP contribution in [0.4, 0.5) is 0 Å². The van der Waals surface area contributed by atoms with Crippen LogP contribution in [-0.4, -0.2) is 22.2 Å². The summed E-state index contributed by atoms with van der Waals surface area (Å²) in [5, 5.41) is 10.3. The molecule has 1 heterocycles. The lowest BCUT2D eigenvalue weighted by atomic mass is 10.2. The minimum Gasteiger partial charge on any atom is -0.508 e. The third-order valence-corrected chi connectivity index (χ3v) is 2.51. The van der Waals surface area contributed by atoms with Crippen molar-refractivity contribution in [1.82, 2.24) is 4.57 Å². The Bertz CT molecular complexity index is 542. The molecule has 0 saturated carbocycles. The number of rotatable bonds is 2. The summed E-state index contributed by atoms with van der Waals surface area (Å²) in [5.74, 6) is -0.162. The lowest BCUT2D eigenvalue weighted by Gasteiger charge is -2.03. The highest BCUT2D eigenvalue weighted by Crippen LogP contribution is 2.23. The largest absolute Gasteiger partial charge is 0.508 e. The number of carbonyl (C=O) groups is 1. The van der Waals surface area contributed by atoms with Crippen molar-refractivity contribution >= 4 is 16.9 Å². The van der Waals surface area contributed by atoms with Crippen LogP contribution in [0.1, 0.15) is 17.4 Å². The molecular formula is C12H13NO3. The van der Waals surface area contributed by atoms with Gasteiger partial charge < -0.3 is 14.4 Å². The summed E-state index contributed by atoms with van der Waals surface area (Å²) in [6.07, 6.45) is 0. The third-order valence-electron chi connectivity index (χ3n) is 2.51. The molecule has 0 fully saturated rings. The summed E-state index contributed by atoms with van der Waals surface area (Å²) in [6.45, 7) is 2.12. The number of hydrogen-bond donors (Lipinski definition) is 1. The summed E-state index contributed by atoms with van der Waals surface area (Å²) in [6, 6.07) is 6.75. The summed E-state index contributed by atoms with van der Waals surface area (Å²) in [5.41, 5.74) is 1.30. The molecule has 0 aliphatic heterocycles. The number of aromatic hydroxyl groups is 1. The van der Waals surface area contributed by atoms with Gasteiger partial charge in [0.2, 0.25) is 0 Å². The number of hydrogen-bond acceptors (Lipinski definition) is 3. The Kier molecular flexibility index (Phi) is 2.56. The van der Waals surface area contributed by atoms with Crippen LogP contribution in [0.15, 0.2) is 24.3 Å². The molecule has 0 bridgehead atoms. The Balaban J connectivity index is 2.56. The Labute approximate surface area is 93.1 Å². The highest BCUT2D eigenvalue weighted by molar-refractivity contribution is 5.95. The first kappa shape index (κ1) is 10.5. The molecule has 2 rings (SSSR count). The molecule has 2 aromatic rings. The van der Waals surface area contributed by atoms with Gasteiger partial charge in [0, 0.05) is 18.5 Å². The maximum absolute atomic E-state index is 11.6. The lowest BCUT2D eigenvalue weighted by Crippen LogP contribution is -2.09. The molecule has 16 heavy (non-hydrogen) atoms. The van der Waals surface area contributed by atoms with E-state index in [0.717, 1.165) is 10.9 Å². The summed E-state index contributed by atoms with van der Waals surface area (Å²) in [4.78, 5) is 11.6. The van der Waals surface area contributed by atoms with E-state index >= 15 is 0 Å². The second-order valence-electron chi connectivity index (χ2n) is 3.55. The van der Waals surface area contributed by atoms with Crippen LogP contribution in [0, 0.1) is 0 Å². The minimum absolute atomic E-state index is 0.184. The van der Waals surface area contributed by atoms with Crippen molar-refractivity contribution in [2.24, 2.45) is 7.05 Å². The molecule has 0 radical (unpaired) electrons. The number of phenolic OH excluding ortho intramolecular Hbond substituents is 1. The summed E-state index contributed by atoms with van der Waals surface area (Å²) < 4.78 is 6.66. The molecular weight excluding hydrogens is 206 g/mol. The van der Waals surface area contributed by atoms with Crippen LogP contribution < -0.4 is 0 Å². The van der Waals surface area contributed by atoms with E-state index in [2.05, 4.69) is 0 Å². The smallest absolute Gasteiger partial charge is 0.354 e. The zero-order valence-electron chi connectivity index (χ0n) is 9.23. The summed E-state index contributed by atoms with van der Waals surface area (Å²) in [7, 11) is 1.77. The maximum atomic E-state index is 11.6. The molecule has 1 aromatic heterocycles. The number of fused-ring (bicyclic) bond motifs is 1. The highest BCUT2D eigenvalue weighted by Gasteiger charge is 2.14. The molecule has 0 aliphatic rings. The van der Waals surface area contributed by atoms with Crippen LogP contribution in [0.25, 0.3) is 10.9 Å². The Morgan fingerprint density at radius 2 is 2.19 bits per heavy atom. The van der Waals surface area contributed by atoms with Gasteiger partial charge >= 0.3 is 5.97 Å². The van der Waals surface area contributed by atoms with Gasteiger partial charge in [-0.25, -0.2) is 4.79 Å². The monoisotopic (exact) mass is 219 g/mol. The number of benzene rings is 1. The Morgan fingerprint density at radius 1 is 1.44 bits per heavy atom. The van der Waals surface area contributed by atoms with E-state index in [9.17, 15) is 9.90 Å². The second kappa shape index (κ2) is 3.89. The van der Waals surface area contributed by atoms with Crippen LogP contribution in [0.5, 0.6) is 5.75 Å². The zero-order valence-corrected chi connectivity index (χ0v) is 9.23. The SMILES string of the molecule is CCOC(=O)c1cc2ccc(O)cc2n1C. The van der Waals surface area contributed by atoms with E-state index in [1.165, 1.54) is 0 Å². The van der Waals surface area contributed by atoms with E-state index in [0.29, 0.717) is 12.3 Å². The minimum atomic E-state index is -0.347. The Hall–Kier alpha value is -1.97. The average molecular weight is 219 g/mol. The molecule has 0 amide bonds. The fraction of sp³-hybridized carbons (Fsp3) is 0.250. The number of esters is 1. The first-order valence-electron chi connectivity index (χ1n) is 5.09.